The van der Waals surface area contributed by atoms with Crippen LogP contribution in [0.2, 0.25) is 0 Å². The van der Waals surface area contributed by atoms with Crippen LogP contribution >= 0.6 is 0 Å². The quantitative estimate of drug-likeness (QED) is 0.926. The van der Waals surface area contributed by atoms with Crippen molar-refractivity contribution in [2.45, 2.75) is 31.5 Å². The summed E-state index contributed by atoms with van der Waals surface area (Å²) in [5.41, 5.74) is -0.112. The van der Waals surface area contributed by atoms with Crippen molar-refractivity contribution in [3.05, 3.63) is 35.4 Å². The van der Waals surface area contributed by atoms with Crippen molar-refractivity contribution in [1.29, 1.82) is 0 Å². The fourth-order valence-electron chi connectivity index (χ4n) is 2.63. The van der Waals surface area contributed by atoms with Crippen LogP contribution in [0.4, 0.5) is 13.2 Å². The maximum absolute atomic E-state index is 12.4. The van der Waals surface area contributed by atoms with Gasteiger partial charge in [0.1, 0.15) is 0 Å². The van der Waals surface area contributed by atoms with Crippen molar-refractivity contribution in [2.24, 2.45) is 5.92 Å². The Kier molecular flexibility index (Phi) is 4.63. The Morgan fingerprint density at radius 1 is 1.24 bits per heavy atom. The van der Waals surface area contributed by atoms with E-state index in [0.29, 0.717) is 18.4 Å². The van der Waals surface area contributed by atoms with Gasteiger partial charge in [-0.05, 0) is 42.9 Å². The molecule has 0 amide bonds. The van der Waals surface area contributed by atoms with Crippen molar-refractivity contribution in [3.8, 4) is 0 Å². The summed E-state index contributed by atoms with van der Waals surface area (Å²) in [6.45, 7) is 0. The van der Waals surface area contributed by atoms with Crippen LogP contribution in [0.3, 0.4) is 0 Å². The summed E-state index contributed by atoms with van der Waals surface area (Å²) in [6, 6.07) is 4.67. The summed E-state index contributed by atoms with van der Waals surface area (Å²) < 4.78 is 59.9. The molecule has 1 saturated heterocycles. The lowest BCUT2D eigenvalue weighted by Gasteiger charge is -2.15. The SMILES string of the molecule is O=S1(=O)CCC(CC(O)Cc2ccc(C(F)(F)F)cc2)C1. The van der Waals surface area contributed by atoms with Gasteiger partial charge in [0.25, 0.3) is 0 Å². The number of halogens is 3. The van der Waals surface area contributed by atoms with Crippen LogP contribution in [-0.4, -0.2) is 31.1 Å². The molecule has 1 N–H and O–H groups in total. The van der Waals surface area contributed by atoms with E-state index in [0.717, 1.165) is 12.1 Å². The fraction of sp³-hybridized carbons (Fsp3) is 0.571. The molecule has 118 valence electrons. The Balaban J connectivity index is 1.90. The van der Waals surface area contributed by atoms with E-state index in [-0.39, 0.29) is 23.8 Å². The summed E-state index contributed by atoms with van der Waals surface area (Å²) in [7, 11) is -2.97. The Bertz CT molecular complexity index is 578. The normalized spacial score (nSPS) is 23.1. The first-order valence-electron chi connectivity index (χ1n) is 6.70. The molecular weight excluding hydrogens is 305 g/mol. The number of hydrogen-bond donors (Lipinski definition) is 1. The molecule has 0 saturated carbocycles. The largest absolute Gasteiger partial charge is 0.416 e. The highest BCUT2D eigenvalue weighted by molar-refractivity contribution is 7.91. The minimum Gasteiger partial charge on any atom is -0.393 e. The Labute approximate surface area is 121 Å². The van der Waals surface area contributed by atoms with E-state index in [1.165, 1.54) is 12.1 Å². The summed E-state index contributed by atoms with van der Waals surface area (Å²) in [6.07, 6.45) is -3.96. The van der Waals surface area contributed by atoms with Gasteiger partial charge in [-0.2, -0.15) is 13.2 Å². The van der Waals surface area contributed by atoms with E-state index in [2.05, 4.69) is 0 Å². The maximum Gasteiger partial charge on any atom is 0.416 e. The molecule has 1 aromatic carbocycles. The average molecular weight is 322 g/mol. The topological polar surface area (TPSA) is 54.4 Å². The molecule has 7 heteroatoms. The number of rotatable bonds is 4. The molecule has 0 bridgehead atoms. The van der Waals surface area contributed by atoms with Crippen LogP contribution in [-0.2, 0) is 22.4 Å². The molecule has 2 unspecified atom stereocenters. The molecule has 2 rings (SSSR count). The molecule has 21 heavy (non-hydrogen) atoms. The van der Waals surface area contributed by atoms with Gasteiger partial charge in [0.2, 0.25) is 0 Å². The van der Waals surface area contributed by atoms with Gasteiger partial charge < -0.3 is 5.11 Å². The molecule has 2 atom stereocenters. The zero-order valence-electron chi connectivity index (χ0n) is 11.3. The predicted molar refractivity (Wildman–Crippen MR) is 72.5 cm³/mol. The van der Waals surface area contributed by atoms with E-state index in [9.17, 15) is 26.7 Å². The molecule has 1 aliphatic heterocycles. The first-order chi connectivity index (χ1) is 9.66. The molecule has 0 aliphatic carbocycles. The minimum absolute atomic E-state index is 0.0561. The number of aliphatic hydroxyl groups is 1. The number of benzene rings is 1. The second-order valence-electron chi connectivity index (χ2n) is 5.56. The Hall–Kier alpha value is -1.08. The van der Waals surface area contributed by atoms with E-state index < -0.39 is 27.7 Å². The number of alkyl halides is 3. The van der Waals surface area contributed by atoms with Gasteiger partial charge in [0, 0.05) is 0 Å². The molecule has 1 fully saturated rings. The monoisotopic (exact) mass is 322 g/mol. The zero-order chi connectivity index (χ0) is 15.7. The molecule has 0 spiro atoms. The highest BCUT2D eigenvalue weighted by atomic mass is 32.2. The fourth-order valence-corrected chi connectivity index (χ4v) is 4.51. The number of aliphatic hydroxyl groups excluding tert-OH is 1. The highest BCUT2D eigenvalue weighted by Crippen LogP contribution is 2.29. The molecule has 1 aromatic rings. The number of sulfone groups is 1. The second-order valence-corrected chi connectivity index (χ2v) is 7.79. The standard InChI is InChI=1S/C14H17F3O3S/c15-14(16,17)12-3-1-10(2-4-12)7-13(18)8-11-5-6-21(19,20)9-11/h1-4,11,13,18H,5-9H2. The molecular formula is C14H17F3O3S. The lowest BCUT2D eigenvalue weighted by Crippen LogP contribution is -2.17. The Morgan fingerprint density at radius 3 is 2.33 bits per heavy atom. The van der Waals surface area contributed by atoms with Gasteiger partial charge >= 0.3 is 6.18 Å². The van der Waals surface area contributed by atoms with E-state index >= 15 is 0 Å². The van der Waals surface area contributed by atoms with Crippen LogP contribution in [0, 0.1) is 5.92 Å². The second kappa shape index (κ2) is 5.96. The van der Waals surface area contributed by atoms with Gasteiger partial charge in [-0.15, -0.1) is 0 Å². The van der Waals surface area contributed by atoms with E-state index in [4.69, 9.17) is 0 Å². The number of hydrogen-bond acceptors (Lipinski definition) is 3. The lowest BCUT2D eigenvalue weighted by atomic mass is 9.96. The van der Waals surface area contributed by atoms with Crippen LogP contribution in [0.1, 0.15) is 24.0 Å². The van der Waals surface area contributed by atoms with Crippen molar-refractivity contribution in [3.63, 3.8) is 0 Å². The smallest absolute Gasteiger partial charge is 0.393 e. The summed E-state index contributed by atoms with van der Waals surface area (Å²) in [5, 5.41) is 9.95. The predicted octanol–water partition coefficient (Wildman–Crippen LogP) is 2.43. The van der Waals surface area contributed by atoms with Gasteiger partial charge in [-0.3, -0.25) is 0 Å². The van der Waals surface area contributed by atoms with Crippen LogP contribution in [0.5, 0.6) is 0 Å². The van der Waals surface area contributed by atoms with Crippen molar-refractivity contribution in [2.75, 3.05) is 11.5 Å². The molecule has 1 aliphatic rings. The summed E-state index contributed by atoms with van der Waals surface area (Å²) in [5.74, 6) is 0.196. The summed E-state index contributed by atoms with van der Waals surface area (Å²) in [4.78, 5) is 0. The third kappa shape index (κ3) is 4.71. The first kappa shape index (κ1) is 16.3. The van der Waals surface area contributed by atoms with Gasteiger partial charge in [0.05, 0.1) is 23.2 Å². The molecule has 3 nitrogen and oxygen atoms in total. The maximum atomic E-state index is 12.4. The zero-order valence-corrected chi connectivity index (χ0v) is 12.1. The first-order valence-corrected chi connectivity index (χ1v) is 8.52. The van der Waals surface area contributed by atoms with Crippen LogP contribution in [0.15, 0.2) is 24.3 Å². The molecule has 0 radical (unpaired) electrons. The van der Waals surface area contributed by atoms with Crippen molar-refractivity contribution >= 4 is 9.84 Å². The third-order valence-corrected chi connectivity index (χ3v) is 5.52. The van der Waals surface area contributed by atoms with Gasteiger partial charge in [0.15, 0.2) is 9.84 Å². The van der Waals surface area contributed by atoms with E-state index in [1.54, 1.807) is 0 Å². The lowest BCUT2D eigenvalue weighted by molar-refractivity contribution is -0.137. The van der Waals surface area contributed by atoms with Gasteiger partial charge in [-0.1, -0.05) is 12.1 Å². The highest BCUT2D eigenvalue weighted by Gasteiger charge is 2.31. The average Bonchev–Trinajstić information content (AvgIpc) is 2.68. The van der Waals surface area contributed by atoms with Crippen LogP contribution in [0.25, 0.3) is 0 Å². The van der Waals surface area contributed by atoms with Crippen molar-refractivity contribution in [1.82, 2.24) is 0 Å². The van der Waals surface area contributed by atoms with Gasteiger partial charge in [-0.25, -0.2) is 8.42 Å². The minimum atomic E-state index is -4.37. The van der Waals surface area contributed by atoms with E-state index in [1.807, 2.05) is 0 Å². The Morgan fingerprint density at radius 2 is 1.86 bits per heavy atom. The molecule has 1 heterocycles. The summed E-state index contributed by atoms with van der Waals surface area (Å²) >= 11 is 0. The van der Waals surface area contributed by atoms with Crippen molar-refractivity contribution < 1.29 is 26.7 Å². The third-order valence-electron chi connectivity index (χ3n) is 3.68. The van der Waals surface area contributed by atoms with Crippen LogP contribution < -0.4 is 0 Å². The molecule has 0 aromatic heterocycles.